The predicted molar refractivity (Wildman–Crippen MR) is 100 cm³/mol. The van der Waals surface area contributed by atoms with Crippen molar-refractivity contribution in [1.82, 2.24) is 0 Å². The van der Waals surface area contributed by atoms with Crippen molar-refractivity contribution in [2.24, 2.45) is 0 Å². The monoisotopic (exact) mass is 395 g/mol. The predicted octanol–water partition coefficient (Wildman–Crippen LogP) is 5.18. The van der Waals surface area contributed by atoms with Crippen LogP contribution in [0.15, 0.2) is 42.5 Å². The Bertz CT molecular complexity index is 882. The summed E-state index contributed by atoms with van der Waals surface area (Å²) >= 11 is 0. The summed E-state index contributed by atoms with van der Waals surface area (Å²) in [6, 6.07) is 8.69. The largest absolute Gasteiger partial charge is 0.418 e. The van der Waals surface area contributed by atoms with E-state index in [4.69, 9.17) is 0 Å². The van der Waals surface area contributed by atoms with Gasteiger partial charge in [-0.3, -0.25) is 14.9 Å². The number of hydrogen-bond donors (Lipinski definition) is 2. The van der Waals surface area contributed by atoms with Crippen molar-refractivity contribution in [1.29, 1.82) is 0 Å². The molecular weight excluding hydrogens is 375 g/mol. The number of nitro benzene ring substituents is 1. The third-order valence-corrected chi connectivity index (χ3v) is 4.13. The Balaban J connectivity index is 2.24. The van der Waals surface area contributed by atoms with Gasteiger partial charge in [0.2, 0.25) is 5.91 Å². The molecule has 0 aliphatic rings. The van der Waals surface area contributed by atoms with Gasteiger partial charge in [0.05, 0.1) is 16.2 Å². The van der Waals surface area contributed by atoms with Gasteiger partial charge in [-0.1, -0.05) is 32.0 Å². The topological polar surface area (TPSA) is 84.3 Å². The third kappa shape index (κ3) is 4.99. The van der Waals surface area contributed by atoms with Crippen molar-refractivity contribution in [3.63, 3.8) is 0 Å². The molecule has 2 aromatic rings. The fourth-order valence-corrected chi connectivity index (χ4v) is 2.66. The van der Waals surface area contributed by atoms with Crippen LogP contribution >= 0.6 is 0 Å². The number of rotatable bonds is 6. The number of alkyl halides is 3. The highest BCUT2D eigenvalue weighted by molar-refractivity contribution is 5.97. The summed E-state index contributed by atoms with van der Waals surface area (Å²) in [6.07, 6.45) is -4.85. The molecule has 6 nitrogen and oxygen atoms in total. The molecule has 0 saturated heterocycles. The molecule has 28 heavy (non-hydrogen) atoms. The van der Waals surface area contributed by atoms with Crippen LogP contribution in [0.25, 0.3) is 0 Å². The molecule has 0 radical (unpaired) electrons. The van der Waals surface area contributed by atoms with Gasteiger partial charge in [-0.25, -0.2) is 0 Å². The average molecular weight is 395 g/mol. The lowest BCUT2D eigenvalue weighted by Gasteiger charge is -2.20. The van der Waals surface area contributed by atoms with Crippen molar-refractivity contribution < 1.29 is 22.9 Å². The molecule has 2 rings (SSSR count). The molecule has 0 aliphatic carbocycles. The van der Waals surface area contributed by atoms with E-state index in [-0.39, 0.29) is 5.92 Å². The Kier molecular flexibility index (Phi) is 6.27. The van der Waals surface area contributed by atoms with Crippen LogP contribution in [0.3, 0.4) is 0 Å². The SMILES string of the molecule is CC(C)c1ccccc1N[C@H](C)C(=O)Nc1ccc([N+](=O)[O-])cc1C(F)(F)F. The standard InChI is InChI=1S/C19H20F3N3O3/c1-11(2)14-6-4-5-7-16(14)23-12(3)18(26)24-17-9-8-13(25(27)28)10-15(17)19(20,21)22/h4-12,23H,1-3H3,(H,24,26)/t12-/m1/s1. The maximum Gasteiger partial charge on any atom is 0.418 e. The number of non-ortho nitro benzene ring substituents is 1. The van der Waals surface area contributed by atoms with Crippen molar-refractivity contribution in [2.45, 2.75) is 38.9 Å². The Morgan fingerprint density at radius 2 is 1.71 bits per heavy atom. The van der Waals surface area contributed by atoms with Gasteiger partial charge < -0.3 is 10.6 Å². The molecule has 9 heteroatoms. The summed E-state index contributed by atoms with van der Waals surface area (Å²) in [5.74, 6) is -0.511. The lowest BCUT2D eigenvalue weighted by molar-refractivity contribution is -0.385. The van der Waals surface area contributed by atoms with Crippen LogP contribution in [0, 0.1) is 10.1 Å². The zero-order valence-electron chi connectivity index (χ0n) is 15.5. The second-order valence-electron chi connectivity index (χ2n) is 6.58. The van der Waals surface area contributed by atoms with Crippen LogP contribution in [-0.2, 0) is 11.0 Å². The Labute approximate surface area is 159 Å². The van der Waals surface area contributed by atoms with Gasteiger partial charge in [0, 0.05) is 17.8 Å². The van der Waals surface area contributed by atoms with Crippen LogP contribution in [0.5, 0.6) is 0 Å². The molecule has 0 aromatic heterocycles. The van der Waals surface area contributed by atoms with E-state index in [9.17, 15) is 28.1 Å². The molecule has 2 aromatic carbocycles. The van der Waals surface area contributed by atoms with Crippen LogP contribution in [-0.4, -0.2) is 16.9 Å². The summed E-state index contributed by atoms with van der Waals surface area (Å²) in [5.41, 5.74) is -0.838. The van der Waals surface area contributed by atoms with E-state index in [1.807, 2.05) is 26.0 Å². The number of hydrogen-bond acceptors (Lipinski definition) is 4. The summed E-state index contributed by atoms with van der Waals surface area (Å²) in [6.45, 7) is 5.49. The van der Waals surface area contributed by atoms with Crippen molar-refractivity contribution in [2.75, 3.05) is 10.6 Å². The molecule has 1 amide bonds. The number of anilines is 2. The molecule has 0 bridgehead atoms. The van der Waals surface area contributed by atoms with E-state index in [1.165, 1.54) is 6.92 Å². The van der Waals surface area contributed by atoms with Crippen LogP contribution < -0.4 is 10.6 Å². The van der Waals surface area contributed by atoms with Gasteiger partial charge in [0.25, 0.3) is 5.69 Å². The van der Waals surface area contributed by atoms with E-state index in [0.29, 0.717) is 11.8 Å². The second-order valence-corrected chi connectivity index (χ2v) is 6.58. The first-order valence-electron chi connectivity index (χ1n) is 8.52. The van der Waals surface area contributed by atoms with E-state index in [2.05, 4.69) is 10.6 Å². The van der Waals surface area contributed by atoms with E-state index in [0.717, 1.165) is 17.7 Å². The number of nitrogens with one attached hydrogen (secondary N) is 2. The van der Waals surface area contributed by atoms with Gasteiger partial charge in [-0.05, 0) is 30.5 Å². The quantitative estimate of drug-likeness (QED) is 0.522. The Morgan fingerprint density at radius 1 is 1.07 bits per heavy atom. The van der Waals surface area contributed by atoms with E-state index < -0.39 is 40.0 Å². The van der Waals surface area contributed by atoms with E-state index in [1.54, 1.807) is 12.1 Å². The van der Waals surface area contributed by atoms with Gasteiger partial charge in [0.1, 0.15) is 6.04 Å². The Morgan fingerprint density at radius 3 is 2.29 bits per heavy atom. The number of halogens is 3. The first-order valence-corrected chi connectivity index (χ1v) is 8.52. The number of amides is 1. The highest BCUT2D eigenvalue weighted by Gasteiger charge is 2.36. The summed E-state index contributed by atoms with van der Waals surface area (Å²) in [4.78, 5) is 22.3. The highest BCUT2D eigenvalue weighted by atomic mass is 19.4. The van der Waals surface area contributed by atoms with Crippen molar-refractivity contribution in [3.05, 3.63) is 63.7 Å². The minimum Gasteiger partial charge on any atom is -0.374 e. The molecule has 150 valence electrons. The first-order chi connectivity index (χ1) is 13.0. The van der Waals surface area contributed by atoms with Crippen molar-refractivity contribution in [3.8, 4) is 0 Å². The molecule has 0 fully saturated rings. The number of para-hydroxylation sites is 1. The summed E-state index contributed by atoms with van der Waals surface area (Å²) < 4.78 is 39.7. The summed E-state index contributed by atoms with van der Waals surface area (Å²) in [7, 11) is 0. The lowest BCUT2D eigenvalue weighted by atomic mass is 10.0. The van der Waals surface area contributed by atoms with Crippen LogP contribution in [0.2, 0.25) is 0 Å². The van der Waals surface area contributed by atoms with Crippen molar-refractivity contribution >= 4 is 23.0 Å². The molecule has 0 aliphatic heterocycles. The lowest BCUT2D eigenvalue weighted by Crippen LogP contribution is -2.33. The second kappa shape index (κ2) is 8.28. The fourth-order valence-electron chi connectivity index (χ4n) is 2.66. The molecule has 2 N–H and O–H groups in total. The number of carbonyl (C=O) groups excluding carboxylic acids is 1. The van der Waals surface area contributed by atoms with Crippen LogP contribution in [0.1, 0.15) is 37.8 Å². The molecular formula is C19H20F3N3O3. The maximum atomic E-state index is 13.2. The maximum absolute atomic E-state index is 13.2. The molecule has 0 spiro atoms. The fraction of sp³-hybridized carbons (Fsp3) is 0.316. The van der Waals surface area contributed by atoms with Gasteiger partial charge >= 0.3 is 6.18 Å². The number of benzene rings is 2. The van der Waals surface area contributed by atoms with Crippen LogP contribution in [0.4, 0.5) is 30.2 Å². The zero-order valence-corrected chi connectivity index (χ0v) is 15.5. The third-order valence-electron chi connectivity index (χ3n) is 4.13. The number of carbonyl (C=O) groups is 1. The first kappa shape index (κ1) is 21.2. The Hall–Kier alpha value is -3.10. The van der Waals surface area contributed by atoms with Gasteiger partial charge in [0.15, 0.2) is 0 Å². The van der Waals surface area contributed by atoms with E-state index >= 15 is 0 Å². The minimum absolute atomic E-state index is 0.186. The molecule has 1 atom stereocenters. The molecule has 0 heterocycles. The zero-order chi connectivity index (χ0) is 21.1. The van der Waals surface area contributed by atoms with Gasteiger partial charge in [-0.15, -0.1) is 0 Å². The number of nitro groups is 1. The normalized spacial score (nSPS) is 12.5. The van der Waals surface area contributed by atoms with Gasteiger partial charge in [-0.2, -0.15) is 13.2 Å². The highest BCUT2D eigenvalue weighted by Crippen LogP contribution is 2.37. The molecule has 0 unspecified atom stereocenters. The minimum atomic E-state index is -4.85. The smallest absolute Gasteiger partial charge is 0.374 e. The molecule has 0 saturated carbocycles. The number of nitrogens with zero attached hydrogens (tertiary/aromatic N) is 1. The average Bonchev–Trinajstić information content (AvgIpc) is 2.61. The summed E-state index contributed by atoms with van der Waals surface area (Å²) in [5, 5.41) is 16.0.